The van der Waals surface area contributed by atoms with Crippen LogP contribution in [0.4, 0.5) is 10.7 Å². The number of halogens is 1. The number of carbonyl (C=O) groups is 4. The first-order chi connectivity index (χ1) is 15.2. The molecule has 3 N–H and O–H groups in total. The molecule has 0 saturated heterocycles. The molecule has 0 fully saturated rings. The number of nitrogens with one attached hydrogen (secondary N) is 3. The predicted octanol–water partition coefficient (Wildman–Crippen LogP) is 2.76. The van der Waals surface area contributed by atoms with Crippen molar-refractivity contribution in [3.63, 3.8) is 0 Å². The van der Waals surface area contributed by atoms with E-state index in [1.165, 1.54) is 11.9 Å². The van der Waals surface area contributed by atoms with Crippen LogP contribution in [-0.4, -0.2) is 62.4 Å². The molecule has 0 aliphatic rings. The van der Waals surface area contributed by atoms with Crippen molar-refractivity contribution in [3.8, 4) is 0 Å². The third kappa shape index (κ3) is 6.52. The minimum absolute atomic E-state index is 0.0592. The van der Waals surface area contributed by atoms with Crippen LogP contribution < -0.4 is 16.0 Å². The van der Waals surface area contributed by atoms with Gasteiger partial charge < -0.3 is 20.7 Å². The number of benzene rings is 1. The topological polar surface area (TPSA) is 117 Å². The number of ether oxygens (including phenoxy) is 1. The number of carbonyl (C=O) groups excluding carboxylic acids is 4. The van der Waals surface area contributed by atoms with E-state index in [1.54, 1.807) is 45.2 Å². The van der Waals surface area contributed by atoms with Crippen molar-refractivity contribution in [1.82, 2.24) is 10.2 Å². The molecule has 0 spiro atoms. The Labute approximate surface area is 195 Å². The highest BCUT2D eigenvalue weighted by Gasteiger charge is 2.26. The molecule has 0 unspecified atom stereocenters. The lowest BCUT2D eigenvalue weighted by atomic mass is 10.1. The highest BCUT2D eigenvalue weighted by Crippen LogP contribution is 2.33. The van der Waals surface area contributed by atoms with Crippen molar-refractivity contribution in [3.05, 3.63) is 45.3 Å². The SMILES string of the molecule is CCOC(=O)c1c(NC(=O)CN(C)CC(=O)Nc2ccccc2Cl)sc(C(=O)NC)c1C. The molecule has 0 bridgehead atoms. The lowest BCUT2D eigenvalue weighted by Gasteiger charge is -2.16. The van der Waals surface area contributed by atoms with Crippen LogP contribution in [0.15, 0.2) is 24.3 Å². The first-order valence-electron chi connectivity index (χ1n) is 9.73. The second-order valence-corrected chi connectivity index (χ2v) is 8.24. The Hall–Kier alpha value is -2.95. The third-order valence-corrected chi connectivity index (χ3v) is 5.82. The molecule has 1 aromatic heterocycles. The molecule has 172 valence electrons. The highest BCUT2D eigenvalue weighted by molar-refractivity contribution is 7.18. The summed E-state index contributed by atoms with van der Waals surface area (Å²) < 4.78 is 5.07. The van der Waals surface area contributed by atoms with Gasteiger partial charge in [-0.05, 0) is 38.6 Å². The fraction of sp³-hybridized carbons (Fsp3) is 0.333. The summed E-state index contributed by atoms with van der Waals surface area (Å²) in [7, 11) is 3.08. The van der Waals surface area contributed by atoms with Gasteiger partial charge in [0.05, 0.1) is 40.8 Å². The standard InChI is InChI=1S/C21H25ClN4O5S/c1-5-31-21(30)17-12(2)18(19(29)23-3)32-20(17)25-16(28)11-26(4)10-15(27)24-14-9-7-6-8-13(14)22/h6-9H,5,10-11H2,1-4H3,(H,23,29)(H,24,27)(H,25,28). The van der Waals surface area contributed by atoms with E-state index < -0.39 is 11.9 Å². The maximum Gasteiger partial charge on any atom is 0.341 e. The molecule has 0 aliphatic carbocycles. The van der Waals surface area contributed by atoms with Gasteiger partial charge in [0.1, 0.15) is 5.00 Å². The van der Waals surface area contributed by atoms with Gasteiger partial charge in [-0.15, -0.1) is 11.3 Å². The summed E-state index contributed by atoms with van der Waals surface area (Å²) in [4.78, 5) is 51.1. The molecule has 0 atom stereocenters. The normalized spacial score (nSPS) is 10.6. The smallest absolute Gasteiger partial charge is 0.341 e. The molecular formula is C21H25ClN4O5S. The Balaban J connectivity index is 2.06. The summed E-state index contributed by atoms with van der Waals surface area (Å²) in [5.41, 5.74) is 1.05. The molecule has 32 heavy (non-hydrogen) atoms. The van der Waals surface area contributed by atoms with Crippen LogP contribution in [-0.2, 0) is 14.3 Å². The van der Waals surface area contributed by atoms with Gasteiger partial charge in [0.2, 0.25) is 11.8 Å². The summed E-state index contributed by atoms with van der Waals surface area (Å²) in [6.45, 7) is 3.26. The van der Waals surface area contributed by atoms with E-state index in [2.05, 4.69) is 16.0 Å². The Morgan fingerprint density at radius 1 is 1.09 bits per heavy atom. The van der Waals surface area contributed by atoms with Crippen molar-refractivity contribution in [2.75, 3.05) is 44.4 Å². The van der Waals surface area contributed by atoms with Gasteiger partial charge in [-0.25, -0.2) is 4.79 Å². The summed E-state index contributed by atoms with van der Waals surface area (Å²) in [5, 5.41) is 8.48. The zero-order valence-electron chi connectivity index (χ0n) is 18.2. The molecule has 9 nitrogen and oxygen atoms in total. The van der Waals surface area contributed by atoms with Gasteiger partial charge in [-0.1, -0.05) is 23.7 Å². The monoisotopic (exact) mass is 480 g/mol. The quantitative estimate of drug-likeness (QED) is 0.475. The molecule has 0 aliphatic heterocycles. The van der Waals surface area contributed by atoms with E-state index in [0.717, 1.165) is 11.3 Å². The maximum absolute atomic E-state index is 12.6. The second-order valence-electron chi connectivity index (χ2n) is 6.81. The molecule has 1 aromatic carbocycles. The van der Waals surface area contributed by atoms with E-state index in [-0.39, 0.29) is 42.1 Å². The van der Waals surface area contributed by atoms with E-state index in [9.17, 15) is 19.2 Å². The van der Waals surface area contributed by atoms with Gasteiger partial charge in [-0.2, -0.15) is 0 Å². The number of anilines is 2. The van der Waals surface area contributed by atoms with Crippen molar-refractivity contribution in [1.29, 1.82) is 0 Å². The van der Waals surface area contributed by atoms with Crippen molar-refractivity contribution in [2.24, 2.45) is 0 Å². The largest absolute Gasteiger partial charge is 0.462 e. The number of amides is 3. The number of likely N-dealkylation sites (N-methyl/N-ethyl adjacent to an activating group) is 1. The molecular weight excluding hydrogens is 456 g/mol. The summed E-state index contributed by atoms with van der Waals surface area (Å²) in [5.74, 6) is -1.78. The van der Waals surface area contributed by atoms with E-state index in [1.807, 2.05) is 0 Å². The molecule has 11 heteroatoms. The number of hydrogen-bond acceptors (Lipinski definition) is 7. The molecule has 2 aromatic rings. The average Bonchev–Trinajstić information content (AvgIpc) is 3.04. The van der Waals surface area contributed by atoms with Gasteiger partial charge in [0, 0.05) is 7.05 Å². The lowest BCUT2D eigenvalue weighted by Crippen LogP contribution is -2.36. The average molecular weight is 481 g/mol. The van der Waals surface area contributed by atoms with Crippen molar-refractivity contribution < 1.29 is 23.9 Å². The Morgan fingerprint density at radius 2 is 1.72 bits per heavy atom. The molecule has 2 rings (SSSR count). The fourth-order valence-electron chi connectivity index (χ4n) is 2.85. The van der Waals surface area contributed by atoms with Crippen LogP contribution in [0, 0.1) is 6.92 Å². The molecule has 0 saturated carbocycles. The number of thiophene rings is 1. The minimum atomic E-state index is -0.626. The zero-order chi connectivity index (χ0) is 23.8. The van der Waals surface area contributed by atoms with E-state index in [0.29, 0.717) is 21.2 Å². The van der Waals surface area contributed by atoms with Crippen LogP contribution >= 0.6 is 22.9 Å². The zero-order valence-corrected chi connectivity index (χ0v) is 19.8. The molecule has 3 amide bonds. The summed E-state index contributed by atoms with van der Waals surface area (Å²) >= 11 is 7.02. The van der Waals surface area contributed by atoms with E-state index in [4.69, 9.17) is 16.3 Å². The minimum Gasteiger partial charge on any atom is -0.462 e. The van der Waals surface area contributed by atoms with Crippen LogP contribution in [0.1, 0.15) is 32.5 Å². The fourth-order valence-corrected chi connectivity index (χ4v) is 4.19. The second kappa shape index (κ2) is 11.6. The maximum atomic E-state index is 12.6. The van der Waals surface area contributed by atoms with E-state index >= 15 is 0 Å². The molecule has 0 radical (unpaired) electrons. The number of rotatable bonds is 9. The third-order valence-electron chi connectivity index (χ3n) is 4.29. The Bertz CT molecular complexity index is 1020. The van der Waals surface area contributed by atoms with Crippen LogP contribution in [0.25, 0.3) is 0 Å². The summed E-state index contributed by atoms with van der Waals surface area (Å²) in [6.07, 6.45) is 0. The predicted molar refractivity (Wildman–Crippen MR) is 125 cm³/mol. The number of esters is 1. The molecule has 1 heterocycles. The number of nitrogens with zero attached hydrogens (tertiary/aromatic N) is 1. The first-order valence-corrected chi connectivity index (χ1v) is 10.9. The lowest BCUT2D eigenvalue weighted by molar-refractivity contribution is -0.119. The summed E-state index contributed by atoms with van der Waals surface area (Å²) in [6, 6.07) is 6.83. The van der Waals surface area contributed by atoms with Crippen molar-refractivity contribution in [2.45, 2.75) is 13.8 Å². The number of para-hydroxylation sites is 1. The van der Waals surface area contributed by atoms with Crippen LogP contribution in [0.5, 0.6) is 0 Å². The van der Waals surface area contributed by atoms with Crippen LogP contribution in [0.3, 0.4) is 0 Å². The van der Waals surface area contributed by atoms with Crippen LogP contribution in [0.2, 0.25) is 5.02 Å². The van der Waals surface area contributed by atoms with Crippen molar-refractivity contribution >= 4 is 57.3 Å². The first kappa shape index (κ1) is 25.3. The van der Waals surface area contributed by atoms with Gasteiger partial charge in [0.25, 0.3) is 5.91 Å². The van der Waals surface area contributed by atoms with Gasteiger partial charge in [0.15, 0.2) is 0 Å². The van der Waals surface area contributed by atoms with Gasteiger partial charge >= 0.3 is 5.97 Å². The Kier molecular flexibility index (Phi) is 9.18. The Morgan fingerprint density at radius 3 is 2.31 bits per heavy atom. The highest BCUT2D eigenvalue weighted by atomic mass is 35.5. The van der Waals surface area contributed by atoms with Gasteiger partial charge in [-0.3, -0.25) is 19.3 Å². The number of hydrogen-bond donors (Lipinski definition) is 3.